The molecule has 94 valence electrons. The predicted molar refractivity (Wildman–Crippen MR) is 61.3 cm³/mol. The minimum Gasteiger partial charge on any atom is -0.379 e. The van der Waals surface area contributed by atoms with Crippen molar-refractivity contribution in [1.82, 2.24) is 8.61 Å². The van der Waals surface area contributed by atoms with Crippen LogP contribution in [0.3, 0.4) is 0 Å². The van der Waals surface area contributed by atoms with Gasteiger partial charge in [0.05, 0.1) is 13.2 Å². The Morgan fingerprint density at radius 1 is 1.00 bits per heavy atom. The highest BCUT2D eigenvalue weighted by molar-refractivity contribution is 7.86. The van der Waals surface area contributed by atoms with E-state index < -0.39 is 10.2 Å². The number of nitrogens with zero attached hydrogens (tertiary/aromatic N) is 2. The van der Waals surface area contributed by atoms with Gasteiger partial charge in [-0.2, -0.15) is 17.0 Å². The molecule has 0 aromatic carbocycles. The molecule has 0 spiro atoms. The van der Waals surface area contributed by atoms with Gasteiger partial charge >= 0.3 is 0 Å². The average molecular weight is 248 g/mol. The summed E-state index contributed by atoms with van der Waals surface area (Å²) in [5, 5.41) is 0. The molecule has 0 amide bonds. The highest BCUT2D eigenvalue weighted by Crippen LogP contribution is 2.21. The van der Waals surface area contributed by atoms with E-state index in [0.29, 0.717) is 45.3 Å². The van der Waals surface area contributed by atoms with E-state index >= 15 is 0 Å². The van der Waals surface area contributed by atoms with E-state index in [0.717, 1.165) is 12.8 Å². The first-order chi connectivity index (χ1) is 7.60. The Balaban J connectivity index is 2.00. The zero-order chi connectivity index (χ0) is 11.6. The average Bonchev–Trinajstić information content (AvgIpc) is 2.31. The molecule has 0 unspecified atom stereocenters. The number of hydrogen-bond acceptors (Lipinski definition) is 3. The van der Waals surface area contributed by atoms with Crippen molar-refractivity contribution in [2.24, 2.45) is 5.92 Å². The number of rotatable bonds is 2. The van der Waals surface area contributed by atoms with Gasteiger partial charge < -0.3 is 4.74 Å². The van der Waals surface area contributed by atoms with Gasteiger partial charge in [-0.1, -0.05) is 6.92 Å². The van der Waals surface area contributed by atoms with Crippen LogP contribution in [0.2, 0.25) is 0 Å². The lowest BCUT2D eigenvalue weighted by Gasteiger charge is -2.35. The largest absolute Gasteiger partial charge is 0.379 e. The van der Waals surface area contributed by atoms with Gasteiger partial charge in [-0.25, -0.2) is 0 Å². The van der Waals surface area contributed by atoms with Crippen molar-refractivity contribution in [3.63, 3.8) is 0 Å². The van der Waals surface area contributed by atoms with E-state index in [1.807, 2.05) is 0 Å². The quantitative estimate of drug-likeness (QED) is 0.706. The Kier molecular flexibility index (Phi) is 3.84. The highest BCUT2D eigenvalue weighted by atomic mass is 32.2. The van der Waals surface area contributed by atoms with Crippen molar-refractivity contribution in [2.45, 2.75) is 19.8 Å². The Hall–Kier alpha value is -0.170. The van der Waals surface area contributed by atoms with Gasteiger partial charge in [0, 0.05) is 26.2 Å². The van der Waals surface area contributed by atoms with Crippen molar-refractivity contribution < 1.29 is 13.2 Å². The van der Waals surface area contributed by atoms with Crippen molar-refractivity contribution in [3.8, 4) is 0 Å². The first-order valence-corrected chi connectivity index (χ1v) is 7.33. The van der Waals surface area contributed by atoms with Gasteiger partial charge in [0.25, 0.3) is 10.2 Å². The maximum absolute atomic E-state index is 12.2. The minimum absolute atomic E-state index is 0.494. The van der Waals surface area contributed by atoms with E-state index in [-0.39, 0.29) is 0 Å². The molecule has 0 aromatic heterocycles. The lowest BCUT2D eigenvalue weighted by Crippen LogP contribution is -2.50. The molecule has 0 aliphatic carbocycles. The van der Waals surface area contributed by atoms with E-state index in [2.05, 4.69) is 6.92 Å². The molecule has 2 aliphatic rings. The lowest BCUT2D eigenvalue weighted by molar-refractivity contribution is 0.0694. The van der Waals surface area contributed by atoms with Gasteiger partial charge in [-0.05, 0) is 18.8 Å². The van der Waals surface area contributed by atoms with Crippen LogP contribution in [0.4, 0.5) is 0 Å². The van der Waals surface area contributed by atoms with E-state index in [1.165, 1.54) is 0 Å². The van der Waals surface area contributed by atoms with Crippen LogP contribution in [0.5, 0.6) is 0 Å². The van der Waals surface area contributed by atoms with Crippen molar-refractivity contribution in [1.29, 1.82) is 0 Å². The van der Waals surface area contributed by atoms with Crippen molar-refractivity contribution >= 4 is 10.2 Å². The summed E-state index contributed by atoms with van der Waals surface area (Å²) in [6, 6.07) is 0. The third kappa shape index (κ3) is 2.56. The Bertz CT molecular complexity index is 317. The molecule has 0 atom stereocenters. The third-order valence-electron chi connectivity index (χ3n) is 3.37. The number of piperidine rings is 1. The molecule has 0 saturated carbocycles. The van der Waals surface area contributed by atoms with Crippen LogP contribution in [0.1, 0.15) is 19.8 Å². The molecule has 0 N–H and O–H groups in total. The molecule has 2 aliphatic heterocycles. The van der Waals surface area contributed by atoms with Gasteiger partial charge in [-0.3, -0.25) is 0 Å². The number of ether oxygens (including phenoxy) is 1. The zero-order valence-corrected chi connectivity index (χ0v) is 10.6. The summed E-state index contributed by atoms with van der Waals surface area (Å²) >= 11 is 0. The second kappa shape index (κ2) is 5.00. The van der Waals surface area contributed by atoms with Crippen LogP contribution < -0.4 is 0 Å². The standard InChI is InChI=1S/C10H20N2O3S/c1-10-2-4-11(5-3-10)16(13,14)12-6-8-15-9-7-12/h10H,2-9H2,1H3. The fourth-order valence-electron chi connectivity index (χ4n) is 2.16. The van der Waals surface area contributed by atoms with Crippen LogP contribution in [0.15, 0.2) is 0 Å². The maximum Gasteiger partial charge on any atom is 0.282 e. The molecule has 2 saturated heterocycles. The molecule has 6 heteroatoms. The molecule has 0 aromatic rings. The van der Waals surface area contributed by atoms with Crippen LogP contribution in [-0.2, 0) is 14.9 Å². The summed E-state index contributed by atoms with van der Waals surface area (Å²) < 4.78 is 32.8. The van der Waals surface area contributed by atoms with Gasteiger partial charge in [-0.15, -0.1) is 0 Å². The molecule has 2 fully saturated rings. The molecule has 0 bridgehead atoms. The molecule has 2 rings (SSSR count). The monoisotopic (exact) mass is 248 g/mol. The summed E-state index contributed by atoms with van der Waals surface area (Å²) in [6.07, 6.45) is 1.95. The topological polar surface area (TPSA) is 49.9 Å². The summed E-state index contributed by atoms with van der Waals surface area (Å²) in [5.41, 5.74) is 0. The first kappa shape index (κ1) is 12.3. The molecular formula is C10H20N2O3S. The fraction of sp³-hybridized carbons (Fsp3) is 1.00. The zero-order valence-electron chi connectivity index (χ0n) is 9.76. The van der Waals surface area contributed by atoms with Crippen LogP contribution >= 0.6 is 0 Å². The van der Waals surface area contributed by atoms with Crippen molar-refractivity contribution in [2.75, 3.05) is 39.4 Å². The predicted octanol–water partition coefficient (Wildman–Crippen LogP) is 0.295. The molecule has 0 radical (unpaired) electrons. The Morgan fingerprint density at radius 2 is 1.50 bits per heavy atom. The van der Waals surface area contributed by atoms with E-state index in [9.17, 15) is 8.42 Å². The third-order valence-corrected chi connectivity index (χ3v) is 5.40. The number of hydrogen-bond donors (Lipinski definition) is 0. The molecular weight excluding hydrogens is 228 g/mol. The summed E-state index contributed by atoms with van der Waals surface area (Å²) in [6.45, 7) is 5.54. The smallest absolute Gasteiger partial charge is 0.282 e. The molecule has 5 nitrogen and oxygen atoms in total. The Morgan fingerprint density at radius 3 is 2.06 bits per heavy atom. The second-order valence-electron chi connectivity index (χ2n) is 4.60. The van der Waals surface area contributed by atoms with Gasteiger partial charge in [0.2, 0.25) is 0 Å². The minimum atomic E-state index is -3.22. The van der Waals surface area contributed by atoms with E-state index in [4.69, 9.17) is 4.74 Å². The highest BCUT2D eigenvalue weighted by Gasteiger charge is 2.32. The number of morpholine rings is 1. The van der Waals surface area contributed by atoms with Gasteiger partial charge in [0.15, 0.2) is 0 Å². The van der Waals surface area contributed by atoms with Gasteiger partial charge in [0.1, 0.15) is 0 Å². The lowest BCUT2D eigenvalue weighted by atomic mass is 10.0. The summed E-state index contributed by atoms with van der Waals surface area (Å²) in [4.78, 5) is 0. The van der Waals surface area contributed by atoms with Crippen molar-refractivity contribution in [3.05, 3.63) is 0 Å². The molecule has 2 heterocycles. The molecule has 16 heavy (non-hydrogen) atoms. The van der Waals surface area contributed by atoms with E-state index in [1.54, 1.807) is 8.61 Å². The van der Waals surface area contributed by atoms with Crippen LogP contribution in [0.25, 0.3) is 0 Å². The normalized spacial score (nSPS) is 27.1. The second-order valence-corrected chi connectivity index (χ2v) is 6.53. The van der Waals surface area contributed by atoms with Crippen LogP contribution in [0, 0.1) is 5.92 Å². The SMILES string of the molecule is CC1CCN(S(=O)(=O)N2CCOCC2)CC1. The Labute approximate surface area is 97.5 Å². The van der Waals surface area contributed by atoms with Crippen LogP contribution in [-0.4, -0.2) is 56.4 Å². The maximum atomic E-state index is 12.2. The fourth-order valence-corrected chi connectivity index (χ4v) is 3.77. The summed E-state index contributed by atoms with van der Waals surface area (Å²) in [5.74, 6) is 0.649. The summed E-state index contributed by atoms with van der Waals surface area (Å²) in [7, 11) is -3.22. The first-order valence-electron chi connectivity index (χ1n) is 5.93.